The highest BCUT2D eigenvalue weighted by molar-refractivity contribution is 5.97. The normalized spacial score (nSPS) is 25.3. The Kier molecular flexibility index (Phi) is 6.03. The smallest absolute Gasteiger partial charge is 0.245 e. The van der Waals surface area contributed by atoms with E-state index in [0.29, 0.717) is 18.4 Å². The average molecular weight is 282 g/mol. The van der Waals surface area contributed by atoms with Gasteiger partial charge in [0.15, 0.2) is 0 Å². The van der Waals surface area contributed by atoms with Crippen molar-refractivity contribution in [3.63, 3.8) is 0 Å². The molecule has 0 bridgehead atoms. The molecule has 1 rings (SSSR count). The number of hydrogen-bond acceptors (Lipinski definition) is 2. The van der Waals surface area contributed by atoms with E-state index in [9.17, 15) is 9.59 Å². The molecule has 0 aliphatic carbocycles. The Hall–Kier alpha value is -1.06. The van der Waals surface area contributed by atoms with Gasteiger partial charge in [0.2, 0.25) is 11.8 Å². The number of rotatable bonds is 6. The highest BCUT2D eigenvalue weighted by atomic mass is 16.2. The van der Waals surface area contributed by atoms with E-state index in [2.05, 4.69) is 26.1 Å². The number of nitrogens with zero attached hydrogens (tertiary/aromatic N) is 1. The third-order valence-electron chi connectivity index (χ3n) is 4.33. The van der Waals surface area contributed by atoms with Gasteiger partial charge in [-0.3, -0.25) is 9.59 Å². The Morgan fingerprint density at radius 2 is 1.75 bits per heavy atom. The van der Waals surface area contributed by atoms with Gasteiger partial charge >= 0.3 is 0 Å². The van der Waals surface area contributed by atoms with Crippen molar-refractivity contribution >= 4 is 11.8 Å². The molecule has 2 amide bonds. The van der Waals surface area contributed by atoms with Gasteiger partial charge in [0.1, 0.15) is 12.1 Å². The van der Waals surface area contributed by atoms with E-state index >= 15 is 0 Å². The minimum atomic E-state index is -0.332. The van der Waals surface area contributed by atoms with Crippen molar-refractivity contribution < 1.29 is 9.59 Å². The molecule has 1 N–H and O–H groups in total. The second-order valence-corrected chi connectivity index (χ2v) is 6.75. The quantitative estimate of drug-likeness (QED) is 0.813. The summed E-state index contributed by atoms with van der Waals surface area (Å²) in [7, 11) is 0. The molecule has 0 aromatic heterocycles. The summed E-state index contributed by atoms with van der Waals surface area (Å²) in [6.07, 6.45) is 1.62. The lowest BCUT2D eigenvalue weighted by Gasteiger charge is -2.42. The molecule has 116 valence electrons. The predicted molar refractivity (Wildman–Crippen MR) is 81.2 cm³/mol. The van der Waals surface area contributed by atoms with Gasteiger partial charge < -0.3 is 10.2 Å². The summed E-state index contributed by atoms with van der Waals surface area (Å²) < 4.78 is 0. The maximum absolute atomic E-state index is 12.6. The van der Waals surface area contributed by atoms with Crippen LogP contribution in [0.25, 0.3) is 0 Å². The predicted octanol–water partition coefficient (Wildman–Crippen LogP) is 2.43. The largest absolute Gasteiger partial charge is 0.342 e. The molecule has 1 saturated heterocycles. The minimum absolute atomic E-state index is 0.00834. The molecular weight excluding hydrogens is 252 g/mol. The molecule has 4 nitrogen and oxygen atoms in total. The first-order valence-electron chi connectivity index (χ1n) is 7.90. The SMILES string of the molecule is CCCC1NC(=O)C(C(C)C)N(CC(C)C(C)C)C1=O. The lowest BCUT2D eigenvalue weighted by atomic mass is 9.91. The van der Waals surface area contributed by atoms with Crippen LogP contribution in [0, 0.1) is 17.8 Å². The summed E-state index contributed by atoms with van der Waals surface area (Å²) in [4.78, 5) is 26.8. The summed E-state index contributed by atoms with van der Waals surface area (Å²) >= 11 is 0. The van der Waals surface area contributed by atoms with Gasteiger partial charge in [0, 0.05) is 6.54 Å². The van der Waals surface area contributed by atoms with E-state index in [0.717, 1.165) is 12.8 Å². The van der Waals surface area contributed by atoms with Crippen molar-refractivity contribution in [1.82, 2.24) is 10.2 Å². The number of piperazine rings is 1. The van der Waals surface area contributed by atoms with Crippen LogP contribution in [-0.4, -0.2) is 35.3 Å². The first-order chi connectivity index (χ1) is 9.29. The van der Waals surface area contributed by atoms with E-state index < -0.39 is 0 Å². The van der Waals surface area contributed by atoms with E-state index in [-0.39, 0.29) is 29.8 Å². The zero-order chi connectivity index (χ0) is 15.4. The molecule has 0 aromatic carbocycles. The van der Waals surface area contributed by atoms with Gasteiger partial charge in [0.25, 0.3) is 0 Å². The molecule has 0 saturated carbocycles. The molecule has 1 heterocycles. The van der Waals surface area contributed by atoms with Crippen LogP contribution in [0.4, 0.5) is 0 Å². The van der Waals surface area contributed by atoms with Gasteiger partial charge in [-0.1, -0.05) is 48.0 Å². The molecule has 1 fully saturated rings. The van der Waals surface area contributed by atoms with Crippen LogP contribution in [0.1, 0.15) is 54.4 Å². The number of carbonyl (C=O) groups is 2. The van der Waals surface area contributed by atoms with Crippen LogP contribution in [0.3, 0.4) is 0 Å². The molecule has 0 radical (unpaired) electrons. The molecule has 1 aliphatic rings. The Balaban J connectivity index is 2.95. The molecular formula is C16H30N2O2. The van der Waals surface area contributed by atoms with Gasteiger partial charge in [-0.05, 0) is 24.2 Å². The Bertz CT molecular complexity index is 352. The summed E-state index contributed by atoms with van der Waals surface area (Å²) in [5.41, 5.74) is 0. The van der Waals surface area contributed by atoms with Crippen LogP contribution in [0.2, 0.25) is 0 Å². The third-order valence-corrected chi connectivity index (χ3v) is 4.33. The first kappa shape index (κ1) is 17.0. The second kappa shape index (κ2) is 7.09. The summed E-state index contributed by atoms with van der Waals surface area (Å²) in [5.74, 6) is 1.14. The number of hydrogen-bond donors (Lipinski definition) is 1. The first-order valence-corrected chi connectivity index (χ1v) is 7.90. The van der Waals surface area contributed by atoms with E-state index in [1.54, 1.807) is 0 Å². The Morgan fingerprint density at radius 1 is 1.15 bits per heavy atom. The van der Waals surface area contributed by atoms with Crippen molar-refractivity contribution in [1.29, 1.82) is 0 Å². The van der Waals surface area contributed by atoms with Gasteiger partial charge in [-0.25, -0.2) is 0 Å². The van der Waals surface area contributed by atoms with Crippen LogP contribution in [0.5, 0.6) is 0 Å². The number of nitrogens with one attached hydrogen (secondary N) is 1. The molecule has 3 atom stereocenters. The fraction of sp³-hybridized carbons (Fsp3) is 0.875. The maximum atomic E-state index is 12.6. The molecule has 4 heteroatoms. The van der Waals surface area contributed by atoms with E-state index in [4.69, 9.17) is 0 Å². The molecule has 1 aliphatic heterocycles. The standard InChI is InChI=1S/C16H30N2O2/c1-7-8-13-16(20)18(9-12(6)10(2)3)14(11(4)5)15(19)17-13/h10-14H,7-9H2,1-6H3,(H,17,19). The minimum Gasteiger partial charge on any atom is -0.342 e. The van der Waals surface area contributed by atoms with Crippen LogP contribution in [-0.2, 0) is 9.59 Å². The van der Waals surface area contributed by atoms with Crippen molar-refractivity contribution in [3.05, 3.63) is 0 Å². The lowest BCUT2D eigenvalue weighted by Crippen LogP contribution is -2.65. The lowest BCUT2D eigenvalue weighted by molar-refractivity contribution is -0.152. The summed E-state index contributed by atoms with van der Waals surface area (Å²) in [6, 6.07) is -0.654. The van der Waals surface area contributed by atoms with Crippen LogP contribution >= 0.6 is 0 Å². The van der Waals surface area contributed by atoms with Gasteiger partial charge in [0.05, 0.1) is 0 Å². The molecule has 0 aromatic rings. The number of amides is 2. The third kappa shape index (κ3) is 3.74. The van der Waals surface area contributed by atoms with Gasteiger partial charge in [-0.15, -0.1) is 0 Å². The van der Waals surface area contributed by atoms with Crippen molar-refractivity contribution in [2.75, 3.05) is 6.54 Å². The zero-order valence-corrected chi connectivity index (χ0v) is 13.8. The second-order valence-electron chi connectivity index (χ2n) is 6.75. The Morgan fingerprint density at radius 3 is 2.20 bits per heavy atom. The van der Waals surface area contributed by atoms with Crippen molar-refractivity contribution in [2.45, 2.75) is 66.5 Å². The number of carbonyl (C=O) groups excluding carboxylic acids is 2. The van der Waals surface area contributed by atoms with E-state index in [1.807, 2.05) is 25.7 Å². The van der Waals surface area contributed by atoms with Crippen molar-refractivity contribution in [2.24, 2.45) is 17.8 Å². The highest BCUT2D eigenvalue weighted by Gasteiger charge is 2.41. The zero-order valence-electron chi connectivity index (χ0n) is 13.8. The topological polar surface area (TPSA) is 49.4 Å². The van der Waals surface area contributed by atoms with Gasteiger partial charge in [-0.2, -0.15) is 0 Å². The van der Waals surface area contributed by atoms with Crippen LogP contribution < -0.4 is 5.32 Å². The Labute approximate surface area is 123 Å². The molecule has 20 heavy (non-hydrogen) atoms. The fourth-order valence-electron chi connectivity index (χ4n) is 2.67. The molecule has 3 unspecified atom stereocenters. The van der Waals surface area contributed by atoms with E-state index in [1.165, 1.54) is 0 Å². The highest BCUT2D eigenvalue weighted by Crippen LogP contribution is 2.22. The summed E-state index contributed by atoms with van der Waals surface area (Å²) in [5, 5.41) is 2.90. The van der Waals surface area contributed by atoms with Crippen molar-refractivity contribution in [3.8, 4) is 0 Å². The monoisotopic (exact) mass is 282 g/mol. The molecule has 0 spiro atoms. The maximum Gasteiger partial charge on any atom is 0.245 e. The summed E-state index contributed by atoms with van der Waals surface area (Å²) in [6.45, 7) is 13.2. The average Bonchev–Trinajstić information content (AvgIpc) is 2.34. The fourth-order valence-corrected chi connectivity index (χ4v) is 2.67. The van der Waals surface area contributed by atoms with Crippen LogP contribution in [0.15, 0.2) is 0 Å².